The lowest BCUT2D eigenvalue weighted by molar-refractivity contribution is 0.709. The van der Waals surface area contributed by atoms with E-state index in [2.05, 4.69) is 36.1 Å². The average Bonchev–Trinajstić information content (AvgIpc) is 2.24. The van der Waals surface area contributed by atoms with Gasteiger partial charge in [-0.15, -0.1) is 0 Å². The molecule has 0 spiro atoms. The largest absolute Gasteiger partial charge is 0.401 e. The van der Waals surface area contributed by atoms with Gasteiger partial charge in [0.2, 0.25) is 0 Å². The summed E-state index contributed by atoms with van der Waals surface area (Å²) < 4.78 is 0.951. The van der Waals surface area contributed by atoms with Gasteiger partial charge in [0.1, 0.15) is 0 Å². The Morgan fingerprint density at radius 2 is 1.94 bits per heavy atom. The van der Waals surface area contributed by atoms with Crippen LogP contribution in [-0.4, -0.2) is 5.71 Å². The lowest BCUT2D eigenvalue weighted by atomic mass is 10.1. The van der Waals surface area contributed by atoms with E-state index in [9.17, 15) is 0 Å². The normalized spacial score (nSPS) is 13.2. The standard InChI is InChI=1S/C13H22IN3/c1-4-5-6-7-13(17)12(14)8-11(9(2)15)10(3)16/h8,16H,2,4-7,15,17H2,1,3H3/b11-8+,13-12+,16-10?. The molecule has 17 heavy (non-hydrogen) atoms. The van der Waals surface area contributed by atoms with E-state index in [4.69, 9.17) is 16.9 Å². The maximum Gasteiger partial charge on any atom is 0.0376 e. The molecule has 0 amide bonds. The molecular weight excluding hydrogens is 325 g/mol. The molecule has 0 aromatic heterocycles. The number of unbranched alkanes of at least 4 members (excludes halogenated alkanes) is 2. The number of rotatable bonds is 7. The van der Waals surface area contributed by atoms with Gasteiger partial charge in [0.05, 0.1) is 0 Å². The quantitative estimate of drug-likeness (QED) is 0.285. The van der Waals surface area contributed by atoms with Crippen molar-refractivity contribution in [3.05, 3.63) is 33.2 Å². The summed E-state index contributed by atoms with van der Waals surface area (Å²) in [5, 5.41) is 7.61. The molecule has 0 heterocycles. The van der Waals surface area contributed by atoms with Crippen LogP contribution in [0.15, 0.2) is 33.2 Å². The van der Waals surface area contributed by atoms with E-state index < -0.39 is 0 Å². The summed E-state index contributed by atoms with van der Waals surface area (Å²) in [5.74, 6) is 0. The van der Waals surface area contributed by atoms with Gasteiger partial charge in [-0.3, -0.25) is 0 Å². The average molecular weight is 347 g/mol. The summed E-state index contributed by atoms with van der Waals surface area (Å²) in [6.45, 7) is 7.53. The van der Waals surface area contributed by atoms with Gasteiger partial charge in [-0.05, 0) is 48.4 Å². The summed E-state index contributed by atoms with van der Waals surface area (Å²) in [6, 6.07) is 0. The molecule has 0 aromatic carbocycles. The fraction of sp³-hybridized carbons (Fsp3) is 0.462. The minimum atomic E-state index is 0.410. The fourth-order valence-corrected chi connectivity index (χ4v) is 1.93. The van der Waals surface area contributed by atoms with Gasteiger partial charge in [-0.1, -0.05) is 26.3 Å². The van der Waals surface area contributed by atoms with E-state index >= 15 is 0 Å². The van der Waals surface area contributed by atoms with Gasteiger partial charge in [-0.2, -0.15) is 0 Å². The topological polar surface area (TPSA) is 75.9 Å². The van der Waals surface area contributed by atoms with Crippen molar-refractivity contribution in [3.8, 4) is 0 Å². The summed E-state index contributed by atoms with van der Waals surface area (Å²) >= 11 is 2.19. The zero-order valence-electron chi connectivity index (χ0n) is 10.6. The Hall–Kier alpha value is -0.780. The van der Waals surface area contributed by atoms with Crippen LogP contribution >= 0.6 is 22.6 Å². The van der Waals surface area contributed by atoms with Crippen molar-refractivity contribution in [2.75, 3.05) is 0 Å². The van der Waals surface area contributed by atoms with Crippen LogP contribution in [0.1, 0.15) is 39.5 Å². The predicted octanol–water partition coefficient (Wildman–Crippen LogP) is 3.61. The molecule has 0 unspecified atom stereocenters. The van der Waals surface area contributed by atoms with Crippen LogP contribution in [0, 0.1) is 5.41 Å². The zero-order valence-corrected chi connectivity index (χ0v) is 12.8. The SMILES string of the molecule is C=C(N)/C(=C\C(I)=C(/N)CCCCC)C(C)=N. The van der Waals surface area contributed by atoms with Crippen molar-refractivity contribution in [2.24, 2.45) is 11.5 Å². The Morgan fingerprint density at radius 3 is 2.35 bits per heavy atom. The minimum Gasteiger partial charge on any atom is -0.401 e. The van der Waals surface area contributed by atoms with Gasteiger partial charge in [-0.25, -0.2) is 0 Å². The van der Waals surface area contributed by atoms with E-state index in [1.54, 1.807) is 6.92 Å². The second kappa shape index (κ2) is 8.33. The Kier molecular flexibility index (Phi) is 7.95. The number of hydrogen-bond acceptors (Lipinski definition) is 3. The van der Waals surface area contributed by atoms with Crippen LogP contribution < -0.4 is 11.5 Å². The van der Waals surface area contributed by atoms with E-state index in [0.717, 1.165) is 22.1 Å². The highest BCUT2D eigenvalue weighted by molar-refractivity contribution is 14.1. The molecule has 3 nitrogen and oxygen atoms in total. The van der Waals surface area contributed by atoms with E-state index in [0.29, 0.717) is 17.0 Å². The molecule has 0 bridgehead atoms. The lowest BCUT2D eigenvalue weighted by Gasteiger charge is -2.07. The molecule has 4 heteroatoms. The van der Waals surface area contributed by atoms with Crippen LogP contribution in [0.25, 0.3) is 0 Å². The molecule has 0 aromatic rings. The number of hydrogen-bond donors (Lipinski definition) is 3. The fourth-order valence-electron chi connectivity index (χ4n) is 1.35. The molecule has 0 aliphatic heterocycles. The third-order valence-corrected chi connectivity index (χ3v) is 3.38. The molecule has 0 radical (unpaired) electrons. The maximum absolute atomic E-state index is 7.61. The van der Waals surface area contributed by atoms with Crippen molar-refractivity contribution in [2.45, 2.75) is 39.5 Å². The Morgan fingerprint density at radius 1 is 1.35 bits per heavy atom. The highest BCUT2D eigenvalue weighted by Crippen LogP contribution is 2.19. The van der Waals surface area contributed by atoms with Gasteiger partial charge in [0.15, 0.2) is 0 Å². The van der Waals surface area contributed by atoms with E-state index in [-0.39, 0.29) is 0 Å². The van der Waals surface area contributed by atoms with Crippen molar-refractivity contribution in [3.63, 3.8) is 0 Å². The van der Waals surface area contributed by atoms with E-state index in [1.807, 2.05) is 6.08 Å². The first kappa shape index (κ1) is 16.2. The summed E-state index contributed by atoms with van der Waals surface area (Å²) in [7, 11) is 0. The molecule has 0 aliphatic rings. The number of halogens is 1. The van der Waals surface area contributed by atoms with Crippen LogP contribution in [0.5, 0.6) is 0 Å². The molecule has 0 atom stereocenters. The van der Waals surface area contributed by atoms with Crippen molar-refractivity contribution in [1.82, 2.24) is 0 Å². The van der Waals surface area contributed by atoms with Crippen LogP contribution in [-0.2, 0) is 0 Å². The highest BCUT2D eigenvalue weighted by atomic mass is 127. The highest BCUT2D eigenvalue weighted by Gasteiger charge is 2.04. The van der Waals surface area contributed by atoms with E-state index in [1.165, 1.54) is 12.8 Å². The third-order valence-electron chi connectivity index (χ3n) is 2.38. The van der Waals surface area contributed by atoms with Crippen molar-refractivity contribution >= 4 is 28.3 Å². The summed E-state index contributed by atoms with van der Waals surface area (Å²) in [6.07, 6.45) is 6.21. The minimum absolute atomic E-state index is 0.410. The lowest BCUT2D eigenvalue weighted by Crippen LogP contribution is -2.07. The molecule has 0 fully saturated rings. The molecule has 96 valence electrons. The molecule has 0 saturated heterocycles. The van der Waals surface area contributed by atoms with Crippen LogP contribution in [0.3, 0.4) is 0 Å². The summed E-state index contributed by atoms with van der Waals surface area (Å²) in [5.41, 5.74) is 14.0. The van der Waals surface area contributed by atoms with Crippen LogP contribution in [0.2, 0.25) is 0 Å². The second-order valence-corrected chi connectivity index (χ2v) is 5.20. The Labute approximate surface area is 118 Å². The smallest absolute Gasteiger partial charge is 0.0376 e. The van der Waals surface area contributed by atoms with Crippen LogP contribution in [0.4, 0.5) is 0 Å². The van der Waals surface area contributed by atoms with Gasteiger partial charge in [0, 0.05) is 26.3 Å². The molecule has 0 rings (SSSR count). The number of nitrogens with one attached hydrogen (secondary N) is 1. The first-order valence-electron chi connectivity index (χ1n) is 5.76. The monoisotopic (exact) mass is 347 g/mol. The van der Waals surface area contributed by atoms with Crippen molar-refractivity contribution < 1.29 is 0 Å². The third kappa shape index (κ3) is 6.51. The Bertz CT molecular complexity index is 338. The summed E-state index contributed by atoms with van der Waals surface area (Å²) in [4.78, 5) is 0. The predicted molar refractivity (Wildman–Crippen MR) is 84.2 cm³/mol. The molecule has 0 aliphatic carbocycles. The zero-order chi connectivity index (χ0) is 13.4. The van der Waals surface area contributed by atoms with Gasteiger partial charge >= 0.3 is 0 Å². The second-order valence-electron chi connectivity index (χ2n) is 4.04. The molecule has 5 N–H and O–H groups in total. The Balaban J connectivity index is 4.82. The first-order valence-corrected chi connectivity index (χ1v) is 6.84. The van der Waals surface area contributed by atoms with Gasteiger partial charge < -0.3 is 16.9 Å². The number of allylic oxidation sites excluding steroid dienone is 4. The van der Waals surface area contributed by atoms with Crippen molar-refractivity contribution in [1.29, 1.82) is 5.41 Å². The number of nitrogens with two attached hydrogens (primary N) is 2. The first-order chi connectivity index (χ1) is 7.90. The maximum atomic E-state index is 7.61. The molecule has 0 saturated carbocycles. The van der Waals surface area contributed by atoms with Gasteiger partial charge in [0.25, 0.3) is 0 Å². The molecular formula is C13H22IN3.